The van der Waals surface area contributed by atoms with Gasteiger partial charge in [-0.05, 0) is 46.8 Å². The molecule has 12 heteroatoms. The summed E-state index contributed by atoms with van der Waals surface area (Å²) in [6.45, 7) is 19.9. The molecule has 1 saturated heterocycles. The van der Waals surface area contributed by atoms with Crippen molar-refractivity contribution in [2.75, 3.05) is 32.2 Å². The molecule has 1 unspecified atom stereocenters. The van der Waals surface area contributed by atoms with Crippen LogP contribution in [0.4, 0.5) is 5.82 Å². The summed E-state index contributed by atoms with van der Waals surface area (Å²) in [7, 11) is 0.151. The third-order valence-corrected chi connectivity index (χ3v) is 8.72. The van der Waals surface area contributed by atoms with Crippen LogP contribution in [0.5, 0.6) is 0 Å². The molecule has 11 nitrogen and oxygen atoms in total. The fourth-order valence-electron chi connectivity index (χ4n) is 4.69. The van der Waals surface area contributed by atoms with Crippen molar-refractivity contribution < 1.29 is 23.3 Å². The first-order valence-electron chi connectivity index (χ1n) is 13.4. The predicted octanol–water partition coefficient (Wildman–Crippen LogP) is 4.65. The molecule has 3 rings (SSSR count). The van der Waals surface area contributed by atoms with Crippen LogP contribution in [0.3, 0.4) is 0 Å². The highest BCUT2D eigenvalue weighted by molar-refractivity contribution is 7.44. The van der Waals surface area contributed by atoms with Crippen LogP contribution in [-0.2, 0) is 18.5 Å². The summed E-state index contributed by atoms with van der Waals surface area (Å²) in [6.07, 6.45) is 0.0853. The van der Waals surface area contributed by atoms with Gasteiger partial charge in [0.05, 0.1) is 12.7 Å². The number of carbonyl (C=O) groups is 1. The maximum Gasteiger partial charge on any atom is 0.351 e. The van der Waals surface area contributed by atoms with E-state index in [2.05, 4.69) is 47.5 Å². The number of methoxy groups -OCH3 is 1. The van der Waals surface area contributed by atoms with Gasteiger partial charge >= 0.3 is 5.69 Å². The fourth-order valence-corrected chi connectivity index (χ4v) is 6.30. The SMILES string of the molecule is [C-]#[N+]CCOP(OC[C@H]1O[C@@H](n2cc(C)c(NC(=O)c3ccccc3)nc2=O)[C@H](OC)[C@@H]1C)N(C(C)C)C(C)C. The Kier molecular flexibility index (Phi) is 11.8. The van der Waals surface area contributed by atoms with Gasteiger partial charge in [-0.2, -0.15) is 4.98 Å². The Labute approximate surface area is 237 Å². The zero-order valence-electron chi connectivity index (χ0n) is 24.2. The smallest absolute Gasteiger partial charge is 0.351 e. The molecule has 1 aromatic heterocycles. The first kappa shape index (κ1) is 31.8. The largest absolute Gasteiger partial charge is 0.376 e. The summed E-state index contributed by atoms with van der Waals surface area (Å²) in [6, 6.07) is 9.08. The van der Waals surface area contributed by atoms with Crippen LogP contribution < -0.4 is 11.0 Å². The predicted molar refractivity (Wildman–Crippen MR) is 154 cm³/mol. The van der Waals surface area contributed by atoms with E-state index < -0.39 is 26.5 Å². The molecule has 1 fully saturated rings. The van der Waals surface area contributed by atoms with Crippen molar-refractivity contribution in [1.82, 2.24) is 14.2 Å². The first-order chi connectivity index (χ1) is 19.1. The molecule has 1 aliphatic heterocycles. The number of amides is 1. The average molecular weight is 574 g/mol. The standard InChI is InChI=1S/C28H40N5O6P/c1-18(2)33(19(3)4)40(37-15-14-29-7)38-17-23-21(6)24(36-8)27(39-23)32-16-20(5)25(31-28(32)35)30-26(34)22-12-10-9-11-13-22/h9-13,16,18-19,21,23-24,27H,14-15,17H2,1-6,8H3,(H,30,31,34,35)/t21-,23-,24-,27-,40?/m1/s1. The molecule has 0 aliphatic carbocycles. The number of ether oxygens (including phenoxy) is 2. The maximum atomic E-state index is 13.1. The highest BCUT2D eigenvalue weighted by Gasteiger charge is 2.44. The molecular weight excluding hydrogens is 533 g/mol. The Bertz CT molecular complexity index is 1210. The zero-order chi connectivity index (χ0) is 29.4. The van der Waals surface area contributed by atoms with E-state index in [0.29, 0.717) is 11.1 Å². The molecule has 5 atom stereocenters. The summed E-state index contributed by atoms with van der Waals surface area (Å²) in [5, 5.41) is 2.72. The molecule has 1 N–H and O–H groups in total. The van der Waals surface area contributed by atoms with Crippen molar-refractivity contribution in [2.45, 2.75) is 72.1 Å². The maximum absolute atomic E-state index is 13.1. The van der Waals surface area contributed by atoms with Gasteiger partial charge in [-0.15, -0.1) is 0 Å². The molecule has 0 saturated carbocycles. The van der Waals surface area contributed by atoms with Gasteiger partial charge in [-0.3, -0.25) is 9.36 Å². The Morgan fingerprint density at radius 2 is 1.90 bits per heavy atom. The highest BCUT2D eigenvalue weighted by Crippen LogP contribution is 2.47. The Hall–Kier alpha value is -2.71. The van der Waals surface area contributed by atoms with E-state index in [-0.39, 0.29) is 55.6 Å². The van der Waals surface area contributed by atoms with Crippen molar-refractivity contribution >= 4 is 20.3 Å². The van der Waals surface area contributed by atoms with Gasteiger partial charge in [-0.1, -0.05) is 25.1 Å². The molecule has 0 bridgehead atoms. The molecule has 1 amide bonds. The molecule has 1 aliphatic rings. The topological polar surface area (TPSA) is 109 Å². The Balaban J connectivity index is 1.77. The van der Waals surface area contributed by atoms with Crippen molar-refractivity contribution in [1.29, 1.82) is 0 Å². The van der Waals surface area contributed by atoms with Gasteiger partial charge in [0.15, 0.2) is 6.23 Å². The second-order valence-electron chi connectivity index (χ2n) is 10.2. The number of aromatic nitrogens is 2. The molecule has 2 aromatic rings. The van der Waals surface area contributed by atoms with Crippen molar-refractivity contribution in [3.8, 4) is 0 Å². The van der Waals surface area contributed by atoms with Crippen LogP contribution in [0.1, 0.15) is 56.8 Å². The molecule has 1 aromatic carbocycles. The third kappa shape index (κ3) is 7.72. The second kappa shape index (κ2) is 14.8. The number of hydrogen-bond donors (Lipinski definition) is 1. The quantitative estimate of drug-likeness (QED) is 0.210. The van der Waals surface area contributed by atoms with Crippen LogP contribution in [-0.4, -0.2) is 71.3 Å². The van der Waals surface area contributed by atoms with Crippen LogP contribution >= 0.6 is 8.53 Å². The van der Waals surface area contributed by atoms with E-state index in [4.69, 9.17) is 25.1 Å². The summed E-state index contributed by atoms with van der Waals surface area (Å²) < 4.78 is 28.0. The summed E-state index contributed by atoms with van der Waals surface area (Å²) in [5.41, 5.74) is 0.510. The molecule has 218 valence electrons. The van der Waals surface area contributed by atoms with Gasteiger partial charge < -0.3 is 28.7 Å². The van der Waals surface area contributed by atoms with Crippen LogP contribution in [0, 0.1) is 19.4 Å². The van der Waals surface area contributed by atoms with E-state index in [1.165, 1.54) is 4.57 Å². The third-order valence-electron chi connectivity index (χ3n) is 6.65. The number of benzene rings is 1. The minimum Gasteiger partial charge on any atom is -0.376 e. The number of carbonyl (C=O) groups excluding carboxylic acids is 1. The lowest BCUT2D eigenvalue weighted by molar-refractivity contribution is -0.0612. The van der Waals surface area contributed by atoms with Gasteiger partial charge in [0, 0.05) is 42.4 Å². The van der Waals surface area contributed by atoms with Gasteiger partial charge in [-0.25, -0.2) is 16.0 Å². The molecule has 40 heavy (non-hydrogen) atoms. The normalized spacial score (nSPS) is 21.6. The number of nitrogens with one attached hydrogen (secondary N) is 1. The van der Waals surface area contributed by atoms with E-state index in [1.54, 1.807) is 44.5 Å². The van der Waals surface area contributed by atoms with Gasteiger partial charge in [0.1, 0.15) is 18.5 Å². The van der Waals surface area contributed by atoms with Crippen LogP contribution in [0.25, 0.3) is 4.85 Å². The first-order valence-corrected chi connectivity index (χ1v) is 14.5. The Morgan fingerprint density at radius 1 is 1.23 bits per heavy atom. The van der Waals surface area contributed by atoms with Crippen LogP contribution in [0.2, 0.25) is 0 Å². The zero-order valence-corrected chi connectivity index (χ0v) is 25.1. The number of anilines is 1. The van der Waals surface area contributed by atoms with E-state index in [1.807, 2.05) is 13.0 Å². The van der Waals surface area contributed by atoms with Gasteiger partial charge in [0.25, 0.3) is 14.4 Å². The highest BCUT2D eigenvalue weighted by atomic mass is 31.2. The lowest BCUT2D eigenvalue weighted by atomic mass is 10.0. The summed E-state index contributed by atoms with van der Waals surface area (Å²) in [5.74, 6) is -0.260. The van der Waals surface area contributed by atoms with E-state index in [9.17, 15) is 9.59 Å². The van der Waals surface area contributed by atoms with E-state index >= 15 is 0 Å². The Morgan fingerprint density at radius 3 is 2.50 bits per heavy atom. The molecule has 0 radical (unpaired) electrons. The van der Waals surface area contributed by atoms with E-state index in [0.717, 1.165) is 0 Å². The lowest BCUT2D eigenvalue weighted by Crippen LogP contribution is -2.35. The molecule has 2 heterocycles. The van der Waals surface area contributed by atoms with Crippen molar-refractivity contribution in [3.05, 3.63) is 69.6 Å². The minimum atomic E-state index is -1.43. The lowest BCUT2D eigenvalue weighted by Gasteiger charge is -2.36. The molecule has 0 spiro atoms. The second-order valence-corrected chi connectivity index (χ2v) is 11.7. The number of hydrogen-bond acceptors (Lipinski definition) is 8. The minimum absolute atomic E-state index is 0.105. The number of rotatable bonds is 13. The monoisotopic (exact) mass is 573 g/mol. The van der Waals surface area contributed by atoms with Crippen molar-refractivity contribution in [2.24, 2.45) is 5.92 Å². The summed E-state index contributed by atoms with van der Waals surface area (Å²) in [4.78, 5) is 33.2. The number of aryl methyl sites for hydroxylation is 1. The van der Waals surface area contributed by atoms with Crippen molar-refractivity contribution in [3.63, 3.8) is 0 Å². The summed E-state index contributed by atoms with van der Waals surface area (Å²) >= 11 is 0. The fraction of sp³-hybridized carbons (Fsp3) is 0.571. The van der Waals surface area contributed by atoms with Crippen LogP contribution in [0.15, 0.2) is 41.3 Å². The average Bonchev–Trinajstić information content (AvgIpc) is 3.23. The van der Waals surface area contributed by atoms with Gasteiger partial charge in [0.2, 0.25) is 6.54 Å². The molecular formula is C28H40N5O6P. The number of nitrogens with zero attached hydrogens (tertiary/aromatic N) is 4.